The van der Waals surface area contributed by atoms with Crippen LogP contribution in [-0.2, 0) is 46.3 Å². The Kier molecular flexibility index (Phi) is 11.9. The number of H-pyrrole nitrogens is 1. The second-order valence-electron chi connectivity index (χ2n) is 10.8. The number of para-hydroxylation sites is 1. The molecule has 6 atom stereocenters. The number of rotatable bonds is 13. The Bertz CT molecular complexity index is 1320. The van der Waals surface area contributed by atoms with E-state index in [0.717, 1.165) is 22.2 Å². The van der Waals surface area contributed by atoms with Crippen LogP contribution in [0.5, 0.6) is 0 Å². The summed E-state index contributed by atoms with van der Waals surface area (Å²) in [7, 11) is 0. The molecule has 0 saturated carbocycles. The molecule has 4 unspecified atom stereocenters. The van der Waals surface area contributed by atoms with Gasteiger partial charge in [-0.3, -0.25) is 19.2 Å². The molecule has 1 heterocycles. The lowest BCUT2D eigenvalue weighted by Crippen LogP contribution is -2.48. The highest BCUT2D eigenvalue weighted by Gasteiger charge is 2.40. The summed E-state index contributed by atoms with van der Waals surface area (Å²) in [6.45, 7) is 4.88. The number of Topliss-reactive ketones (excluding diaryl/α,β-unsaturated/α-hetero) is 2. The zero-order chi connectivity index (χ0) is 31.0. The van der Waals surface area contributed by atoms with Crippen LogP contribution < -0.4 is 10.6 Å². The Balaban J connectivity index is 2.10. The molecule has 1 aliphatic rings. The largest absolute Gasteiger partial charge is 0.617 e. The summed E-state index contributed by atoms with van der Waals surface area (Å²) in [5, 5.41) is 13.8. The molecule has 228 valence electrons. The van der Waals surface area contributed by atoms with Gasteiger partial charge in [0.2, 0.25) is 11.8 Å². The highest BCUT2D eigenvalue weighted by molar-refractivity contribution is 7.90. The van der Waals surface area contributed by atoms with Crippen LogP contribution in [0.4, 0.5) is 0 Å². The second-order valence-corrected chi connectivity index (χ2v) is 12.4. The van der Waals surface area contributed by atoms with Crippen molar-refractivity contribution in [3.05, 3.63) is 35.5 Å². The molecule has 0 radical (unpaired) electrons. The molecule has 0 spiro atoms. The van der Waals surface area contributed by atoms with Gasteiger partial charge in [-0.25, -0.2) is 4.79 Å². The van der Waals surface area contributed by atoms with E-state index in [1.807, 2.05) is 24.3 Å². The van der Waals surface area contributed by atoms with Crippen LogP contribution in [0.2, 0.25) is 0 Å². The number of aromatic amines is 1. The number of hydrogen-bond acceptors (Lipinski definition) is 8. The molecule has 2 aromatic rings. The number of ether oxygens (including phenoxy) is 1. The standard InChI is InChI=1S/C30H40N4O7S/c1-5-41-30(39)25(12-13-42(4)40)34-29(38)21(11-10-19(36)16-31)22-14-17(2)28(37)26(32-18(3)35)15-23-20-8-6-7-9-24(20)33-27(22)23/h6-9,16-17,21-22,25-26,31,33H,5,10-15H2,1-4H3,(H,32,35)(H,34,38)/t17?,21-,22?,25?,26+,42?/m1/s1. The van der Waals surface area contributed by atoms with Crippen molar-refractivity contribution < 1.29 is 33.3 Å². The fourth-order valence-corrected chi connectivity index (χ4v) is 6.26. The number of aromatic nitrogens is 1. The lowest BCUT2D eigenvalue weighted by Gasteiger charge is -2.33. The number of ketones is 2. The Morgan fingerprint density at radius 2 is 1.95 bits per heavy atom. The monoisotopic (exact) mass is 600 g/mol. The number of fused-ring (bicyclic) bond motifs is 3. The van der Waals surface area contributed by atoms with Crippen LogP contribution in [0.3, 0.4) is 0 Å². The highest BCUT2D eigenvalue weighted by Crippen LogP contribution is 2.41. The van der Waals surface area contributed by atoms with Gasteiger partial charge >= 0.3 is 5.97 Å². The summed E-state index contributed by atoms with van der Waals surface area (Å²) in [5.74, 6) is -3.83. The van der Waals surface area contributed by atoms with Crippen molar-refractivity contribution in [1.82, 2.24) is 15.6 Å². The summed E-state index contributed by atoms with van der Waals surface area (Å²) in [4.78, 5) is 67.9. The van der Waals surface area contributed by atoms with E-state index in [9.17, 15) is 28.5 Å². The van der Waals surface area contributed by atoms with Gasteiger partial charge in [-0.2, -0.15) is 0 Å². The molecular weight excluding hydrogens is 560 g/mol. The van der Waals surface area contributed by atoms with Gasteiger partial charge in [0.25, 0.3) is 0 Å². The maximum absolute atomic E-state index is 14.0. The fraction of sp³-hybridized carbons (Fsp3) is 0.533. The van der Waals surface area contributed by atoms with Crippen molar-refractivity contribution in [1.29, 1.82) is 5.41 Å². The van der Waals surface area contributed by atoms with E-state index >= 15 is 0 Å². The number of carbonyl (C=O) groups excluding carboxylic acids is 5. The number of amides is 2. The third-order valence-electron chi connectivity index (χ3n) is 7.71. The van der Waals surface area contributed by atoms with Gasteiger partial charge in [0.15, 0.2) is 11.6 Å². The SMILES string of the molecule is CCOC(=O)C(CC[S+](C)[O-])NC(=O)[C@H](CCC(=O)C=N)C1CC(C)C(=O)[C@@H](NC(C)=O)Cc2c1[nH]c1ccccc21. The Labute approximate surface area is 248 Å². The molecule has 0 fully saturated rings. The predicted octanol–water partition coefficient (Wildman–Crippen LogP) is 2.34. The van der Waals surface area contributed by atoms with E-state index in [1.54, 1.807) is 13.8 Å². The lowest BCUT2D eigenvalue weighted by molar-refractivity contribution is -0.148. The molecule has 0 bridgehead atoms. The first-order valence-corrected chi connectivity index (χ1v) is 15.9. The van der Waals surface area contributed by atoms with Crippen LogP contribution in [0.15, 0.2) is 24.3 Å². The molecule has 1 aromatic carbocycles. The Hall–Kier alpha value is -3.51. The molecule has 12 heteroatoms. The number of esters is 1. The molecule has 4 N–H and O–H groups in total. The number of hydrogen-bond donors (Lipinski definition) is 4. The average Bonchev–Trinajstić information content (AvgIpc) is 3.30. The third kappa shape index (κ3) is 8.28. The molecular formula is C30H40N4O7S. The minimum atomic E-state index is -1.21. The minimum absolute atomic E-state index is 0.0742. The van der Waals surface area contributed by atoms with Crippen LogP contribution in [0.25, 0.3) is 10.9 Å². The molecule has 0 aliphatic heterocycles. The van der Waals surface area contributed by atoms with Crippen molar-refractivity contribution >= 4 is 57.6 Å². The number of nitrogens with one attached hydrogen (secondary N) is 4. The normalized spacial score (nSPS) is 20.8. The van der Waals surface area contributed by atoms with Gasteiger partial charge in [0.05, 0.1) is 25.1 Å². The first-order chi connectivity index (χ1) is 20.0. The molecule has 2 amide bonds. The van der Waals surface area contributed by atoms with Crippen molar-refractivity contribution in [2.75, 3.05) is 18.6 Å². The zero-order valence-electron chi connectivity index (χ0n) is 24.5. The third-order valence-corrected chi connectivity index (χ3v) is 8.52. The van der Waals surface area contributed by atoms with Gasteiger partial charge in [0, 0.05) is 60.5 Å². The summed E-state index contributed by atoms with van der Waals surface area (Å²) >= 11 is -1.21. The van der Waals surface area contributed by atoms with Crippen LogP contribution in [0, 0.1) is 17.2 Å². The smallest absolute Gasteiger partial charge is 0.328 e. The quantitative estimate of drug-likeness (QED) is 0.155. The molecule has 3 rings (SSSR count). The second kappa shape index (κ2) is 15.1. The van der Waals surface area contributed by atoms with Crippen molar-refractivity contribution in [3.63, 3.8) is 0 Å². The average molecular weight is 601 g/mol. The van der Waals surface area contributed by atoms with E-state index < -0.39 is 58.7 Å². The Morgan fingerprint density at radius 1 is 1.24 bits per heavy atom. The molecule has 1 aromatic heterocycles. The van der Waals surface area contributed by atoms with Gasteiger partial charge in [-0.1, -0.05) is 36.3 Å². The number of carbonyl (C=O) groups is 5. The summed E-state index contributed by atoms with van der Waals surface area (Å²) in [6, 6.07) is 5.76. The van der Waals surface area contributed by atoms with E-state index in [0.29, 0.717) is 6.21 Å². The molecule has 0 saturated heterocycles. The van der Waals surface area contributed by atoms with E-state index in [4.69, 9.17) is 10.1 Å². The van der Waals surface area contributed by atoms with Crippen molar-refractivity contribution in [2.45, 2.75) is 70.9 Å². The summed E-state index contributed by atoms with van der Waals surface area (Å²) in [6.07, 6.45) is 2.79. The first-order valence-electron chi connectivity index (χ1n) is 14.2. The maximum Gasteiger partial charge on any atom is 0.328 e. The van der Waals surface area contributed by atoms with E-state index in [1.165, 1.54) is 13.2 Å². The van der Waals surface area contributed by atoms with Gasteiger partial charge in [-0.15, -0.1) is 0 Å². The van der Waals surface area contributed by atoms with Crippen LogP contribution in [-0.4, -0.2) is 75.8 Å². The fourth-order valence-electron chi connectivity index (χ4n) is 5.69. The minimum Gasteiger partial charge on any atom is -0.617 e. The van der Waals surface area contributed by atoms with E-state index in [2.05, 4.69) is 15.6 Å². The molecule has 1 aliphatic carbocycles. The maximum atomic E-state index is 14.0. The molecule has 11 nitrogen and oxygen atoms in total. The van der Waals surface area contributed by atoms with Gasteiger partial charge in [-0.05, 0) is 31.4 Å². The van der Waals surface area contributed by atoms with Crippen LogP contribution >= 0.6 is 0 Å². The topological polar surface area (TPSA) is 181 Å². The lowest BCUT2D eigenvalue weighted by atomic mass is 9.73. The summed E-state index contributed by atoms with van der Waals surface area (Å²) < 4.78 is 16.9. The Morgan fingerprint density at radius 3 is 2.60 bits per heavy atom. The first kappa shape index (κ1) is 33.0. The highest BCUT2D eigenvalue weighted by atomic mass is 32.2. The molecule has 42 heavy (non-hydrogen) atoms. The van der Waals surface area contributed by atoms with E-state index in [-0.39, 0.29) is 56.2 Å². The zero-order valence-corrected chi connectivity index (χ0v) is 25.3. The predicted molar refractivity (Wildman–Crippen MR) is 160 cm³/mol. The van der Waals surface area contributed by atoms with Crippen molar-refractivity contribution in [3.8, 4) is 0 Å². The van der Waals surface area contributed by atoms with Gasteiger partial charge < -0.3 is 30.3 Å². The van der Waals surface area contributed by atoms with Crippen molar-refractivity contribution in [2.24, 2.45) is 11.8 Å². The number of benzene rings is 1. The van der Waals surface area contributed by atoms with Gasteiger partial charge in [0.1, 0.15) is 11.8 Å². The summed E-state index contributed by atoms with van der Waals surface area (Å²) in [5.41, 5.74) is 2.34. The van der Waals surface area contributed by atoms with Crippen LogP contribution in [0.1, 0.15) is 63.6 Å².